The van der Waals surface area contributed by atoms with E-state index in [0.29, 0.717) is 17.8 Å². The summed E-state index contributed by atoms with van der Waals surface area (Å²) in [6.45, 7) is 1.88. The first-order chi connectivity index (χ1) is 10.1. The molecule has 21 heavy (non-hydrogen) atoms. The third-order valence-electron chi connectivity index (χ3n) is 3.40. The lowest BCUT2D eigenvalue weighted by atomic mass is 10.1. The fourth-order valence-electron chi connectivity index (χ4n) is 2.40. The van der Waals surface area contributed by atoms with Gasteiger partial charge in [0, 0.05) is 12.6 Å². The average molecular weight is 284 g/mol. The van der Waals surface area contributed by atoms with E-state index in [1.807, 2.05) is 13.0 Å². The zero-order chi connectivity index (χ0) is 15.0. The highest BCUT2D eigenvalue weighted by atomic mass is 19.1. The quantitative estimate of drug-likeness (QED) is 0.804. The van der Waals surface area contributed by atoms with Gasteiger partial charge in [-0.05, 0) is 36.2 Å². The van der Waals surface area contributed by atoms with Crippen LogP contribution >= 0.6 is 0 Å². The lowest BCUT2D eigenvalue weighted by Crippen LogP contribution is -2.06. The Hall–Kier alpha value is -2.69. The number of carboxylic acid groups (broad SMARTS) is 1. The second kappa shape index (κ2) is 5.01. The van der Waals surface area contributed by atoms with Crippen molar-refractivity contribution in [1.29, 1.82) is 0 Å². The maximum absolute atomic E-state index is 12.9. The Morgan fingerprint density at radius 1 is 1.29 bits per heavy atom. The van der Waals surface area contributed by atoms with Gasteiger partial charge in [0.2, 0.25) is 0 Å². The van der Waals surface area contributed by atoms with Crippen LogP contribution in [0.2, 0.25) is 0 Å². The molecule has 0 aliphatic heterocycles. The highest BCUT2D eigenvalue weighted by molar-refractivity contribution is 5.88. The van der Waals surface area contributed by atoms with Crippen LogP contribution in [0.5, 0.6) is 0 Å². The third-order valence-corrected chi connectivity index (χ3v) is 3.40. The number of halogens is 1. The van der Waals surface area contributed by atoms with Gasteiger partial charge in [0.05, 0.1) is 5.69 Å². The molecule has 0 saturated carbocycles. The monoisotopic (exact) mass is 284 g/mol. The molecule has 0 amide bonds. The van der Waals surface area contributed by atoms with Crippen molar-refractivity contribution in [3.63, 3.8) is 0 Å². The molecule has 2 heterocycles. The first-order valence-corrected chi connectivity index (χ1v) is 6.50. The number of carboxylic acids is 1. The summed E-state index contributed by atoms with van der Waals surface area (Å²) < 4.78 is 14.5. The zero-order valence-electron chi connectivity index (χ0n) is 11.4. The second-order valence-electron chi connectivity index (χ2n) is 4.90. The van der Waals surface area contributed by atoms with Crippen LogP contribution < -0.4 is 0 Å². The normalized spacial score (nSPS) is 11.0. The first kappa shape index (κ1) is 13.3. The minimum Gasteiger partial charge on any atom is -0.477 e. The number of aromatic carboxylic acids is 1. The number of rotatable bonds is 3. The summed E-state index contributed by atoms with van der Waals surface area (Å²) in [5, 5.41) is 9.44. The molecule has 0 fully saturated rings. The molecule has 1 N–H and O–H groups in total. The number of hydrogen-bond acceptors (Lipinski definition) is 2. The molecule has 0 spiro atoms. The van der Waals surface area contributed by atoms with Crippen LogP contribution in [0.15, 0.2) is 42.6 Å². The Balaban J connectivity index is 2.13. The van der Waals surface area contributed by atoms with Gasteiger partial charge in [0.25, 0.3) is 0 Å². The molecule has 3 rings (SSSR count). The number of aromatic nitrogens is 2. The number of hydrogen-bond donors (Lipinski definition) is 1. The van der Waals surface area contributed by atoms with Crippen molar-refractivity contribution in [3.05, 3.63) is 70.9 Å². The Kier molecular flexibility index (Phi) is 3.17. The van der Waals surface area contributed by atoms with Gasteiger partial charge in [-0.15, -0.1) is 0 Å². The molecule has 0 atom stereocenters. The predicted octanol–water partition coefficient (Wildman–Crippen LogP) is 3.07. The van der Waals surface area contributed by atoms with E-state index < -0.39 is 5.97 Å². The molecule has 5 heteroatoms. The van der Waals surface area contributed by atoms with Crippen LogP contribution in [0.4, 0.5) is 4.39 Å². The SMILES string of the molecule is Cc1cccn2c(C(=O)O)c(Cc3ccc(F)cc3)nc12. The minimum absolute atomic E-state index is 0.151. The molecule has 0 bridgehead atoms. The minimum atomic E-state index is -1.02. The largest absolute Gasteiger partial charge is 0.477 e. The Bertz CT molecular complexity index is 822. The van der Waals surface area contributed by atoms with Crippen molar-refractivity contribution >= 4 is 11.6 Å². The van der Waals surface area contributed by atoms with Crippen LogP contribution in [-0.2, 0) is 6.42 Å². The predicted molar refractivity (Wildman–Crippen MR) is 76.1 cm³/mol. The number of carbonyl (C=O) groups is 1. The van der Waals surface area contributed by atoms with Crippen molar-refractivity contribution in [2.45, 2.75) is 13.3 Å². The summed E-state index contributed by atoms with van der Waals surface area (Å²) in [5.74, 6) is -1.34. The average Bonchev–Trinajstić information content (AvgIpc) is 2.81. The molecule has 1 aromatic carbocycles. The fourth-order valence-corrected chi connectivity index (χ4v) is 2.40. The fraction of sp³-hybridized carbons (Fsp3) is 0.125. The van der Waals surface area contributed by atoms with Crippen molar-refractivity contribution < 1.29 is 14.3 Å². The van der Waals surface area contributed by atoms with E-state index in [1.165, 1.54) is 12.1 Å². The Morgan fingerprint density at radius 3 is 2.67 bits per heavy atom. The van der Waals surface area contributed by atoms with Crippen LogP contribution in [0.3, 0.4) is 0 Å². The van der Waals surface area contributed by atoms with Gasteiger partial charge in [0.15, 0.2) is 5.69 Å². The summed E-state index contributed by atoms with van der Waals surface area (Å²) in [6.07, 6.45) is 2.04. The van der Waals surface area contributed by atoms with E-state index in [4.69, 9.17) is 0 Å². The molecule has 0 aliphatic carbocycles. The number of nitrogens with zero attached hydrogens (tertiary/aromatic N) is 2. The van der Waals surface area contributed by atoms with Gasteiger partial charge in [-0.2, -0.15) is 0 Å². The van der Waals surface area contributed by atoms with E-state index in [-0.39, 0.29) is 11.5 Å². The molecule has 0 radical (unpaired) electrons. The lowest BCUT2D eigenvalue weighted by molar-refractivity contribution is 0.0688. The topological polar surface area (TPSA) is 54.6 Å². The number of benzene rings is 1. The lowest BCUT2D eigenvalue weighted by Gasteiger charge is -2.01. The maximum atomic E-state index is 12.9. The first-order valence-electron chi connectivity index (χ1n) is 6.50. The summed E-state index contributed by atoms with van der Waals surface area (Å²) in [4.78, 5) is 16.0. The second-order valence-corrected chi connectivity index (χ2v) is 4.90. The van der Waals surface area contributed by atoms with Gasteiger partial charge in [-0.3, -0.25) is 4.40 Å². The van der Waals surface area contributed by atoms with Crippen molar-refractivity contribution in [1.82, 2.24) is 9.38 Å². The van der Waals surface area contributed by atoms with Crippen molar-refractivity contribution in [2.24, 2.45) is 0 Å². The van der Waals surface area contributed by atoms with E-state index in [9.17, 15) is 14.3 Å². The number of fused-ring (bicyclic) bond motifs is 1. The van der Waals surface area contributed by atoms with E-state index in [0.717, 1.165) is 11.1 Å². The zero-order valence-corrected chi connectivity index (χ0v) is 11.4. The molecule has 2 aromatic heterocycles. The smallest absolute Gasteiger partial charge is 0.354 e. The number of pyridine rings is 1. The van der Waals surface area contributed by atoms with E-state index in [1.54, 1.807) is 28.8 Å². The molecule has 4 nitrogen and oxygen atoms in total. The highest BCUT2D eigenvalue weighted by Crippen LogP contribution is 2.19. The van der Waals surface area contributed by atoms with Crippen LogP contribution in [-0.4, -0.2) is 20.5 Å². The number of aryl methyl sites for hydroxylation is 1. The van der Waals surface area contributed by atoms with Crippen molar-refractivity contribution in [3.8, 4) is 0 Å². The summed E-state index contributed by atoms with van der Waals surface area (Å²) >= 11 is 0. The van der Waals surface area contributed by atoms with Gasteiger partial charge in [-0.1, -0.05) is 18.2 Å². The Morgan fingerprint density at radius 2 is 2.00 bits per heavy atom. The molecule has 0 unspecified atom stereocenters. The van der Waals surface area contributed by atoms with Crippen LogP contribution in [0, 0.1) is 12.7 Å². The van der Waals surface area contributed by atoms with Gasteiger partial charge >= 0.3 is 5.97 Å². The van der Waals surface area contributed by atoms with Crippen LogP contribution in [0.25, 0.3) is 5.65 Å². The van der Waals surface area contributed by atoms with Crippen LogP contribution in [0.1, 0.15) is 27.3 Å². The van der Waals surface area contributed by atoms with E-state index in [2.05, 4.69) is 4.98 Å². The summed E-state index contributed by atoms with van der Waals surface area (Å²) in [7, 11) is 0. The maximum Gasteiger partial charge on any atom is 0.354 e. The standard InChI is InChI=1S/C16H13FN2O2/c1-10-3-2-8-19-14(16(20)21)13(18-15(10)19)9-11-4-6-12(17)7-5-11/h2-8H,9H2,1H3,(H,20,21). The molecular formula is C16H13FN2O2. The summed E-state index contributed by atoms with van der Waals surface area (Å²) in [5.41, 5.74) is 2.98. The highest BCUT2D eigenvalue weighted by Gasteiger charge is 2.19. The molecule has 106 valence electrons. The molecule has 0 saturated heterocycles. The van der Waals surface area contributed by atoms with E-state index >= 15 is 0 Å². The summed E-state index contributed by atoms with van der Waals surface area (Å²) in [6, 6.07) is 9.66. The van der Waals surface area contributed by atoms with Crippen molar-refractivity contribution in [2.75, 3.05) is 0 Å². The van der Waals surface area contributed by atoms with Gasteiger partial charge < -0.3 is 5.11 Å². The van der Waals surface area contributed by atoms with Gasteiger partial charge in [0.1, 0.15) is 11.5 Å². The number of imidazole rings is 1. The van der Waals surface area contributed by atoms with Gasteiger partial charge in [-0.25, -0.2) is 14.2 Å². The molecule has 3 aromatic rings. The third kappa shape index (κ3) is 2.38. The Labute approximate surface area is 120 Å². The molecular weight excluding hydrogens is 271 g/mol. The molecule has 0 aliphatic rings.